The van der Waals surface area contributed by atoms with Gasteiger partial charge in [-0.1, -0.05) is 0 Å². The summed E-state index contributed by atoms with van der Waals surface area (Å²) in [6.07, 6.45) is 6.18. The van der Waals surface area contributed by atoms with Crippen LogP contribution in [0.1, 0.15) is 25.7 Å². The van der Waals surface area contributed by atoms with Gasteiger partial charge in [0.25, 0.3) is 0 Å². The summed E-state index contributed by atoms with van der Waals surface area (Å²) in [6, 6.07) is 4.18. The molecule has 1 saturated carbocycles. The van der Waals surface area contributed by atoms with Crippen LogP contribution in [0, 0.1) is 0 Å². The number of halogens is 1. The minimum Gasteiger partial charge on any atom is -0.474 e. The molecule has 0 unspecified atom stereocenters. The van der Waals surface area contributed by atoms with Crippen LogP contribution in [0.4, 0.5) is 0 Å². The molecule has 1 aromatic rings. The van der Waals surface area contributed by atoms with Crippen LogP contribution in [-0.2, 0) is 0 Å². The van der Waals surface area contributed by atoms with Gasteiger partial charge in [0, 0.05) is 12.2 Å². The summed E-state index contributed by atoms with van der Waals surface area (Å²) in [5.74, 6) is 0.693. The highest BCUT2D eigenvalue weighted by atomic mass is 79.9. The van der Waals surface area contributed by atoms with E-state index in [1.807, 2.05) is 12.1 Å². The lowest BCUT2D eigenvalue weighted by molar-refractivity contribution is 0.140. The summed E-state index contributed by atoms with van der Waals surface area (Å²) in [5.41, 5.74) is 5.84. The minimum absolute atomic E-state index is 0.274. The molecule has 1 fully saturated rings. The Balaban J connectivity index is 1.95. The summed E-state index contributed by atoms with van der Waals surface area (Å²) >= 11 is 3.42. The maximum Gasteiger partial charge on any atom is 0.228 e. The van der Waals surface area contributed by atoms with E-state index in [0.717, 1.165) is 30.2 Å². The Morgan fingerprint density at radius 1 is 1.33 bits per heavy atom. The number of rotatable bonds is 2. The smallest absolute Gasteiger partial charge is 0.228 e. The molecule has 0 aromatic carbocycles. The zero-order chi connectivity index (χ0) is 10.7. The molecular formula is C11H15BrN2O. The van der Waals surface area contributed by atoms with Gasteiger partial charge < -0.3 is 10.5 Å². The van der Waals surface area contributed by atoms with Crippen LogP contribution in [0.2, 0.25) is 0 Å². The number of aromatic nitrogens is 1. The molecule has 0 amide bonds. The van der Waals surface area contributed by atoms with Gasteiger partial charge in [0.15, 0.2) is 0 Å². The van der Waals surface area contributed by atoms with Crippen molar-refractivity contribution in [2.75, 3.05) is 0 Å². The van der Waals surface area contributed by atoms with Crippen molar-refractivity contribution in [2.24, 2.45) is 5.73 Å². The van der Waals surface area contributed by atoms with Gasteiger partial charge >= 0.3 is 0 Å². The number of nitrogens with two attached hydrogens (primary N) is 1. The Bertz CT molecular complexity index is 324. The van der Waals surface area contributed by atoms with E-state index in [1.54, 1.807) is 6.20 Å². The fourth-order valence-corrected chi connectivity index (χ4v) is 2.17. The molecule has 1 aliphatic rings. The zero-order valence-corrected chi connectivity index (χ0v) is 10.1. The van der Waals surface area contributed by atoms with Crippen LogP contribution in [0.5, 0.6) is 5.88 Å². The zero-order valence-electron chi connectivity index (χ0n) is 8.53. The fourth-order valence-electron chi connectivity index (χ4n) is 1.82. The van der Waals surface area contributed by atoms with Gasteiger partial charge in [-0.05, 0) is 53.7 Å². The molecule has 0 bridgehead atoms. The van der Waals surface area contributed by atoms with E-state index in [9.17, 15) is 0 Å². The van der Waals surface area contributed by atoms with E-state index < -0.39 is 0 Å². The molecule has 1 aromatic heterocycles. The third-order valence-electron chi connectivity index (χ3n) is 2.72. The molecule has 0 saturated heterocycles. The van der Waals surface area contributed by atoms with Crippen LogP contribution < -0.4 is 10.5 Å². The fraction of sp³-hybridized carbons (Fsp3) is 0.545. The molecule has 0 radical (unpaired) electrons. The molecule has 0 spiro atoms. The molecule has 2 rings (SSSR count). The molecule has 0 aliphatic heterocycles. The van der Waals surface area contributed by atoms with Crippen molar-refractivity contribution in [3.8, 4) is 5.88 Å². The topological polar surface area (TPSA) is 48.1 Å². The third kappa shape index (κ3) is 2.92. The first-order valence-electron chi connectivity index (χ1n) is 5.28. The van der Waals surface area contributed by atoms with E-state index in [4.69, 9.17) is 10.5 Å². The number of hydrogen-bond acceptors (Lipinski definition) is 3. The summed E-state index contributed by atoms with van der Waals surface area (Å²) in [5, 5.41) is 0. The van der Waals surface area contributed by atoms with Gasteiger partial charge in [0.2, 0.25) is 5.88 Å². The second-order valence-corrected chi connectivity index (χ2v) is 4.80. The number of ether oxygens (including phenoxy) is 1. The Morgan fingerprint density at radius 3 is 2.73 bits per heavy atom. The number of pyridine rings is 1. The summed E-state index contributed by atoms with van der Waals surface area (Å²) in [7, 11) is 0. The first-order chi connectivity index (χ1) is 7.25. The summed E-state index contributed by atoms with van der Waals surface area (Å²) in [6.45, 7) is 0. The quantitative estimate of drug-likeness (QED) is 0.899. The van der Waals surface area contributed by atoms with Crippen molar-refractivity contribution in [1.29, 1.82) is 0 Å². The average Bonchev–Trinajstić information content (AvgIpc) is 2.25. The van der Waals surface area contributed by atoms with E-state index >= 15 is 0 Å². The van der Waals surface area contributed by atoms with Crippen molar-refractivity contribution >= 4 is 15.9 Å². The summed E-state index contributed by atoms with van der Waals surface area (Å²) < 4.78 is 6.74. The number of hydrogen-bond donors (Lipinski definition) is 1. The molecule has 3 nitrogen and oxygen atoms in total. The molecule has 82 valence electrons. The number of nitrogens with zero attached hydrogens (tertiary/aromatic N) is 1. The molecule has 4 heteroatoms. The first kappa shape index (κ1) is 10.9. The molecule has 1 heterocycles. The highest BCUT2D eigenvalue weighted by Gasteiger charge is 2.20. The first-order valence-corrected chi connectivity index (χ1v) is 6.08. The lowest BCUT2D eigenvalue weighted by Crippen LogP contribution is -2.31. The van der Waals surface area contributed by atoms with Gasteiger partial charge in [-0.25, -0.2) is 4.98 Å². The average molecular weight is 271 g/mol. The van der Waals surface area contributed by atoms with Gasteiger partial charge in [-0.2, -0.15) is 0 Å². The Kier molecular flexibility index (Phi) is 3.59. The minimum atomic E-state index is 0.274. The maximum absolute atomic E-state index is 5.84. The van der Waals surface area contributed by atoms with Gasteiger partial charge in [-0.15, -0.1) is 0 Å². The van der Waals surface area contributed by atoms with Crippen LogP contribution in [0.15, 0.2) is 22.8 Å². The SMILES string of the molecule is NC1CCC(Oc2ncccc2Br)CC1. The highest BCUT2D eigenvalue weighted by Crippen LogP contribution is 2.26. The van der Waals surface area contributed by atoms with Crippen LogP contribution >= 0.6 is 15.9 Å². The second kappa shape index (κ2) is 4.94. The lowest BCUT2D eigenvalue weighted by Gasteiger charge is -2.26. The van der Waals surface area contributed by atoms with Crippen molar-refractivity contribution in [2.45, 2.75) is 37.8 Å². The van der Waals surface area contributed by atoms with E-state index in [0.29, 0.717) is 11.9 Å². The van der Waals surface area contributed by atoms with Gasteiger partial charge in [0.05, 0.1) is 4.47 Å². The van der Waals surface area contributed by atoms with Crippen molar-refractivity contribution < 1.29 is 4.74 Å². The molecule has 2 N–H and O–H groups in total. The predicted molar refractivity (Wildman–Crippen MR) is 62.8 cm³/mol. The van der Waals surface area contributed by atoms with Gasteiger partial charge in [0.1, 0.15) is 6.10 Å². The standard InChI is InChI=1S/C11H15BrN2O/c12-10-2-1-7-14-11(10)15-9-5-3-8(13)4-6-9/h1-2,7-9H,3-6,13H2. The van der Waals surface area contributed by atoms with Gasteiger partial charge in [-0.3, -0.25) is 0 Å². The third-order valence-corrected chi connectivity index (χ3v) is 3.33. The Labute approximate surface area is 98.2 Å². The highest BCUT2D eigenvalue weighted by molar-refractivity contribution is 9.10. The van der Waals surface area contributed by atoms with Crippen LogP contribution in [0.25, 0.3) is 0 Å². The monoisotopic (exact) mass is 270 g/mol. The molecule has 1 aliphatic carbocycles. The second-order valence-electron chi connectivity index (χ2n) is 3.95. The molecule has 0 atom stereocenters. The lowest BCUT2D eigenvalue weighted by atomic mass is 9.94. The Hall–Kier alpha value is -0.610. The largest absolute Gasteiger partial charge is 0.474 e. The molecular weight excluding hydrogens is 256 g/mol. The van der Waals surface area contributed by atoms with E-state index in [1.165, 1.54) is 0 Å². The van der Waals surface area contributed by atoms with Crippen LogP contribution in [0.3, 0.4) is 0 Å². The molecule has 15 heavy (non-hydrogen) atoms. The van der Waals surface area contributed by atoms with Crippen molar-refractivity contribution in [1.82, 2.24) is 4.98 Å². The van der Waals surface area contributed by atoms with E-state index in [-0.39, 0.29) is 6.10 Å². The van der Waals surface area contributed by atoms with Crippen molar-refractivity contribution in [3.63, 3.8) is 0 Å². The predicted octanol–water partition coefficient (Wildman–Crippen LogP) is 2.49. The maximum atomic E-state index is 5.84. The summed E-state index contributed by atoms with van der Waals surface area (Å²) in [4.78, 5) is 4.19. The van der Waals surface area contributed by atoms with Crippen molar-refractivity contribution in [3.05, 3.63) is 22.8 Å². The normalized spacial score (nSPS) is 26.3. The van der Waals surface area contributed by atoms with E-state index in [2.05, 4.69) is 20.9 Å². The Morgan fingerprint density at radius 2 is 2.07 bits per heavy atom. The van der Waals surface area contributed by atoms with Crippen LogP contribution in [-0.4, -0.2) is 17.1 Å².